The van der Waals surface area contributed by atoms with E-state index in [9.17, 15) is 0 Å². The topological polar surface area (TPSA) is 46.7 Å². The third-order valence-corrected chi connectivity index (χ3v) is 1.01. The maximum absolute atomic E-state index is 9.00. The van der Waals surface area contributed by atoms with E-state index in [4.69, 9.17) is 5.11 Å². The Balaban J connectivity index is 2.61. The molecular weight excluding hydrogens is 116 g/mol. The average molecular weight is 123 g/mol. The van der Waals surface area contributed by atoms with Gasteiger partial charge in [-0.25, -0.2) is 0 Å². The molecule has 1 rings (SSSR count). The molecule has 0 aromatic heterocycles. The Morgan fingerprint density at radius 3 is 3.00 bits per heavy atom. The van der Waals surface area contributed by atoms with E-state index in [-0.39, 0.29) is 0 Å². The molecule has 0 aliphatic carbocycles. The van der Waals surface area contributed by atoms with Crippen molar-refractivity contribution in [2.45, 2.75) is 6.10 Å². The van der Waals surface area contributed by atoms with E-state index in [2.05, 4.69) is 17.1 Å². The van der Waals surface area contributed by atoms with Gasteiger partial charge in [-0.3, -0.25) is 0 Å². The SMILES string of the molecule is C=CC(O)C1=N[N]C=C1. The summed E-state index contributed by atoms with van der Waals surface area (Å²) in [6.07, 6.45) is 3.91. The van der Waals surface area contributed by atoms with Gasteiger partial charge in [0.05, 0.1) is 11.9 Å². The minimum absolute atomic E-state index is 0.546. The van der Waals surface area contributed by atoms with Crippen LogP contribution in [0.15, 0.2) is 30.0 Å². The number of hydrogen-bond acceptors (Lipinski definition) is 2. The highest BCUT2D eigenvalue weighted by molar-refractivity contribution is 6.00. The monoisotopic (exact) mass is 123 g/mol. The fraction of sp³-hybridized carbons (Fsp3) is 0.167. The predicted molar refractivity (Wildman–Crippen MR) is 34.9 cm³/mol. The summed E-state index contributed by atoms with van der Waals surface area (Å²) in [5, 5.41) is 12.6. The van der Waals surface area contributed by atoms with Crippen molar-refractivity contribution < 1.29 is 5.11 Å². The first kappa shape index (κ1) is 6.04. The lowest BCUT2D eigenvalue weighted by Gasteiger charge is -1.97. The molecule has 1 aliphatic rings. The summed E-state index contributed by atoms with van der Waals surface area (Å²) >= 11 is 0. The lowest BCUT2D eigenvalue weighted by Crippen LogP contribution is -2.13. The molecule has 1 aliphatic heterocycles. The number of aliphatic hydroxyl groups is 1. The van der Waals surface area contributed by atoms with Crippen molar-refractivity contribution in [3.63, 3.8) is 0 Å². The Hall–Kier alpha value is -1.09. The molecule has 3 nitrogen and oxygen atoms in total. The fourth-order valence-electron chi connectivity index (χ4n) is 0.522. The molecule has 3 heteroatoms. The summed E-state index contributed by atoms with van der Waals surface area (Å²) in [7, 11) is 0. The fourth-order valence-corrected chi connectivity index (χ4v) is 0.522. The van der Waals surface area contributed by atoms with Gasteiger partial charge in [-0.15, -0.1) is 6.58 Å². The van der Waals surface area contributed by atoms with E-state index >= 15 is 0 Å². The minimum Gasteiger partial charge on any atom is -0.383 e. The van der Waals surface area contributed by atoms with Gasteiger partial charge in [0.15, 0.2) is 0 Å². The second kappa shape index (κ2) is 2.46. The molecule has 0 aromatic rings. The van der Waals surface area contributed by atoms with Crippen LogP contribution in [-0.4, -0.2) is 16.9 Å². The van der Waals surface area contributed by atoms with E-state index in [0.29, 0.717) is 5.71 Å². The summed E-state index contributed by atoms with van der Waals surface area (Å²) in [5.41, 5.74) is 4.08. The lowest BCUT2D eigenvalue weighted by molar-refractivity contribution is 0.290. The smallest absolute Gasteiger partial charge is 0.116 e. The Kier molecular flexibility index (Phi) is 1.65. The van der Waals surface area contributed by atoms with Crippen LogP contribution in [0.3, 0.4) is 0 Å². The molecule has 1 radical (unpaired) electrons. The molecule has 0 amide bonds. The number of hydrogen-bond donors (Lipinski definition) is 1. The van der Waals surface area contributed by atoms with E-state index in [1.807, 2.05) is 0 Å². The second-order valence-electron chi connectivity index (χ2n) is 1.64. The zero-order chi connectivity index (χ0) is 6.69. The summed E-state index contributed by atoms with van der Waals surface area (Å²) in [4.78, 5) is 0. The largest absolute Gasteiger partial charge is 0.383 e. The molecule has 0 saturated carbocycles. The number of nitrogens with zero attached hydrogens (tertiary/aromatic N) is 2. The van der Waals surface area contributed by atoms with E-state index in [1.165, 1.54) is 12.3 Å². The lowest BCUT2D eigenvalue weighted by atomic mass is 10.2. The van der Waals surface area contributed by atoms with Gasteiger partial charge in [0, 0.05) is 0 Å². The molecular formula is C6H7N2O. The zero-order valence-corrected chi connectivity index (χ0v) is 4.86. The molecule has 0 fully saturated rings. The molecule has 0 spiro atoms. The third-order valence-electron chi connectivity index (χ3n) is 1.01. The molecule has 1 N–H and O–H groups in total. The first-order valence-electron chi connectivity index (χ1n) is 2.59. The van der Waals surface area contributed by atoms with Gasteiger partial charge >= 0.3 is 0 Å². The Morgan fingerprint density at radius 2 is 2.56 bits per heavy atom. The van der Waals surface area contributed by atoms with Crippen LogP contribution in [0.2, 0.25) is 0 Å². The van der Waals surface area contributed by atoms with Crippen molar-refractivity contribution in [3.8, 4) is 0 Å². The maximum atomic E-state index is 9.00. The Labute approximate surface area is 53.4 Å². The summed E-state index contributed by atoms with van der Waals surface area (Å²) in [6, 6.07) is 0. The van der Waals surface area contributed by atoms with Gasteiger partial charge < -0.3 is 5.11 Å². The highest BCUT2D eigenvalue weighted by Gasteiger charge is 2.07. The maximum Gasteiger partial charge on any atom is 0.116 e. The van der Waals surface area contributed by atoms with Crippen LogP contribution < -0.4 is 5.43 Å². The predicted octanol–water partition coefficient (Wildman–Crippen LogP) is 0.0210. The van der Waals surface area contributed by atoms with Gasteiger partial charge in [-0.2, -0.15) is 10.5 Å². The third kappa shape index (κ3) is 1.17. The van der Waals surface area contributed by atoms with Gasteiger partial charge in [-0.05, 0) is 6.08 Å². The van der Waals surface area contributed by atoms with Crippen LogP contribution in [-0.2, 0) is 0 Å². The highest BCUT2D eigenvalue weighted by atomic mass is 16.3. The number of rotatable bonds is 2. The molecule has 1 unspecified atom stereocenters. The van der Waals surface area contributed by atoms with E-state index < -0.39 is 6.10 Å². The molecule has 1 atom stereocenters. The minimum atomic E-state index is -0.674. The Bertz CT molecular complexity index is 172. The summed E-state index contributed by atoms with van der Waals surface area (Å²) in [6.45, 7) is 3.40. The van der Waals surface area contributed by atoms with Crippen LogP contribution in [0.1, 0.15) is 0 Å². The van der Waals surface area contributed by atoms with Crippen molar-refractivity contribution in [2.75, 3.05) is 0 Å². The van der Waals surface area contributed by atoms with Gasteiger partial charge in [-0.1, -0.05) is 6.08 Å². The summed E-state index contributed by atoms with van der Waals surface area (Å²) in [5.74, 6) is 0. The van der Waals surface area contributed by atoms with E-state index in [0.717, 1.165) is 0 Å². The van der Waals surface area contributed by atoms with Crippen molar-refractivity contribution >= 4 is 5.71 Å². The molecule has 9 heavy (non-hydrogen) atoms. The van der Waals surface area contributed by atoms with Crippen LogP contribution >= 0.6 is 0 Å². The van der Waals surface area contributed by atoms with Crippen LogP contribution in [0.4, 0.5) is 0 Å². The van der Waals surface area contributed by atoms with Crippen molar-refractivity contribution in [3.05, 3.63) is 24.9 Å². The first-order valence-corrected chi connectivity index (χ1v) is 2.59. The average Bonchev–Trinajstić information content (AvgIpc) is 2.37. The van der Waals surface area contributed by atoms with Gasteiger partial charge in [0.25, 0.3) is 0 Å². The van der Waals surface area contributed by atoms with Crippen molar-refractivity contribution in [1.82, 2.24) is 5.43 Å². The zero-order valence-electron chi connectivity index (χ0n) is 4.86. The summed E-state index contributed by atoms with van der Waals surface area (Å²) < 4.78 is 0. The molecule has 1 heterocycles. The van der Waals surface area contributed by atoms with Crippen LogP contribution in [0.5, 0.6) is 0 Å². The molecule has 0 bridgehead atoms. The van der Waals surface area contributed by atoms with Crippen molar-refractivity contribution in [1.29, 1.82) is 0 Å². The first-order chi connectivity index (χ1) is 4.34. The van der Waals surface area contributed by atoms with Crippen LogP contribution in [0, 0.1) is 0 Å². The number of aliphatic hydroxyl groups excluding tert-OH is 1. The normalized spacial score (nSPS) is 18.6. The second-order valence-corrected chi connectivity index (χ2v) is 1.64. The molecule has 0 saturated heterocycles. The standard InChI is InChI=1S/C6H7N2O/c1-2-6(9)5-3-4-7-8-5/h2-4,6,9H,1H2. The van der Waals surface area contributed by atoms with Gasteiger partial charge in [0.2, 0.25) is 0 Å². The Morgan fingerprint density at radius 1 is 1.78 bits per heavy atom. The molecule has 47 valence electrons. The van der Waals surface area contributed by atoms with Crippen LogP contribution in [0.25, 0.3) is 0 Å². The molecule has 0 aromatic carbocycles. The highest BCUT2D eigenvalue weighted by Crippen LogP contribution is 1.96. The van der Waals surface area contributed by atoms with Crippen molar-refractivity contribution in [2.24, 2.45) is 5.10 Å². The quantitative estimate of drug-likeness (QED) is 0.517. The van der Waals surface area contributed by atoms with Gasteiger partial charge in [0.1, 0.15) is 6.10 Å². The van der Waals surface area contributed by atoms with E-state index in [1.54, 1.807) is 6.08 Å².